The molecule has 0 radical (unpaired) electrons. The molecule has 2 aromatic heterocycles. The highest BCUT2D eigenvalue weighted by Gasteiger charge is 2.21. The van der Waals surface area contributed by atoms with E-state index in [1.807, 2.05) is 0 Å². The molecule has 0 unspecified atom stereocenters. The van der Waals surface area contributed by atoms with Crippen molar-refractivity contribution < 1.29 is 27.2 Å². The van der Waals surface area contributed by atoms with Gasteiger partial charge < -0.3 is 0 Å². The van der Waals surface area contributed by atoms with Crippen molar-refractivity contribution in [3.63, 3.8) is 0 Å². The SMILES string of the molecule is Fc1c(F)c(I)c(F)c(F)c1I.O=Cc1ccncc1.O=Cc1ccncc1. The molecule has 10 heteroatoms. The second kappa shape index (κ2) is 12.5. The summed E-state index contributed by atoms with van der Waals surface area (Å²) in [5, 5.41) is 0. The summed E-state index contributed by atoms with van der Waals surface area (Å²) < 4.78 is 49.2. The van der Waals surface area contributed by atoms with Crippen LogP contribution in [0, 0.1) is 30.4 Å². The summed E-state index contributed by atoms with van der Waals surface area (Å²) in [5.41, 5.74) is 1.33. The van der Waals surface area contributed by atoms with Gasteiger partial charge in [0.15, 0.2) is 23.3 Å². The monoisotopic (exact) mass is 616 g/mol. The highest BCUT2D eigenvalue weighted by Crippen LogP contribution is 2.25. The van der Waals surface area contributed by atoms with Gasteiger partial charge in [0.05, 0.1) is 7.14 Å². The normalized spacial score (nSPS) is 9.36. The van der Waals surface area contributed by atoms with Crippen LogP contribution < -0.4 is 0 Å². The van der Waals surface area contributed by atoms with E-state index in [-0.39, 0.29) is 0 Å². The van der Waals surface area contributed by atoms with Crippen LogP contribution in [0.1, 0.15) is 20.7 Å². The Hall–Kier alpha value is -1.96. The predicted molar refractivity (Wildman–Crippen MR) is 111 cm³/mol. The van der Waals surface area contributed by atoms with Gasteiger partial charge in [-0.15, -0.1) is 0 Å². The average Bonchev–Trinajstić information content (AvgIpc) is 2.77. The number of carbonyl (C=O) groups is 2. The molecule has 0 atom stereocenters. The zero-order valence-corrected chi connectivity index (χ0v) is 18.1. The molecular formula is C18H10F4I2N2O2. The van der Waals surface area contributed by atoms with E-state index in [9.17, 15) is 27.2 Å². The zero-order chi connectivity index (χ0) is 21.1. The van der Waals surface area contributed by atoms with E-state index in [4.69, 9.17) is 0 Å². The Balaban J connectivity index is 0.000000217. The number of pyridine rings is 2. The largest absolute Gasteiger partial charge is 0.298 e. The lowest BCUT2D eigenvalue weighted by Crippen LogP contribution is -2.02. The van der Waals surface area contributed by atoms with Crippen molar-refractivity contribution >= 4 is 57.8 Å². The molecule has 0 bridgehead atoms. The Labute approximate surface area is 184 Å². The molecule has 3 rings (SSSR count). The van der Waals surface area contributed by atoms with Crippen LogP contribution >= 0.6 is 45.2 Å². The Kier molecular flexibility index (Phi) is 10.7. The molecule has 0 saturated carbocycles. The van der Waals surface area contributed by atoms with Gasteiger partial charge in [-0.2, -0.15) is 0 Å². The molecule has 0 amide bonds. The lowest BCUT2D eigenvalue weighted by atomic mass is 10.3. The molecule has 0 spiro atoms. The van der Waals surface area contributed by atoms with E-state index < -0.39 is 30.4 Å². The first kappa shape index (κ1) is 24.1. The number of hydrogen-bond acceptors (Lipinski definition) is 4. The Bertz CT molecular complexity index is 781. The maximum absolute atomic E-state index is 12.6. The zero-order valence-electron chi connectivity index (χ0n) is 13.8. The molecule has 1 aromatic carbocycles. The van der Waals surface area contributed by atoms with Gasteiger partial charge in [0.2, 0.25) is 0 Å². The summed E-state index contributed by atoms with van der Waals surface area (Å²) in [6.07, 6.45) is 7.93. The molecule has 4 nitrogen and oxygen atoms in total. The summed E-state index contributed by atoms with van der Waals surface area (Å²) in [4.78, 5) is 27.4. The molecule has 2 heterocycles. The fourth-order valence-corrected chi connectivity index (χ4v) is 2.41. The third-order valence-corrected chi connectivity index (χ3v) is 4.73. The standard InChI is InChI=1S/C6F4I2.2C6H5NO/c7-1-2(8)6(12)4(10)3(9)5(1)11;2*8-5-6-1-3-7-4-2-6/h;2*1-5H. The van der Waals surface area contributed by atoms with E-state index in [0.717, 1.165) is 12.6 Å². The van der Waals surface area contributed by atoms with Crippen molar-refractivity contribution in [2.75, 3.05) is 0 Å². The van der Waals surface area contributed by atoms with Crippen LogP contribution in [0.25, 0.3) is 0 Å². The third-order valence-electron chi connectivity index (χ3n) is 2.84. The van der Waals surface area contributed by atoms with Crippen LogP contribution in [0.2, 0.25) is 0 Å². The van der Waals surface area contributed by atoms with Gasteiger partial charge >= 0.3 is 0 Å². The van der Waals surface area contributed by atoms with Crippen molar-refractivity contribution in [3.05, 3.63) is 90.6 Å². The molecule has 3 aromatic rings. The van der Waals surface area contributed by atoms with Gasteiger partial charge in [-0.3, -0.25) is 19.6 Å². The first-order chi connectivity index (χ1) is 13.3. The van der Waals surface area contributed by atoms with Crippen LogP contribution in [0.15, 0.2) is 49.1 Å². The number of halogens is 6. The number of benzene rings is 1. The molecule has 28 heavy (non-hydrogen) atoms. The van der Waals surface area contributed by atoms with Crippen LogP contribution in [-0.4, -0.2) is 22.5 Å². The smallest absolute Gasteiger partial charge is 0.176 e. The van der Waals surface area contributed by atoms with E-state index >= 15 is 0 Å². The van der Waals surface area contributed by atoms with Crippen LogP contribution in [0.5, 0.6) is 0 Å². The van der Waals surface area contributed by atoms with Gasteiger partial charge in [-0.1, -0.05) is 0 Å². The molecular weight excluding hydrogens is 606 g/mol. The lowest BCUT2D eigenvalue weighted by Gasteiger charge is -2.02. The molecule has 0 aliphatic rings. The first-order valence-electron chi connectivity index (χ1n) is 7.20. The van der Waals surface area contributed by atoms with Gasteiger partial charge in [0, 0.05) is 35.9 Å². The maximum atomic E-state index is 12.6. The quantitative estimate of drug-likeness (QED) is 0.130. The Morgan fingerprint density at radius 3 is 1.04 bits per heavy atom. The molecule has 0 N–H and O–H groups in total. The minimum Gasteiger partial charge on any atom is -0.298 e. The second-order valence-electron chi connectivity index (χ2n) is 4.68. The summed E-state index contributed by atoms with van der Waals surface area (Å²) in [7, 11) is 0. The molecule has 0 saturated heterocycles. The minimum atomic E-state index is -1.35. The Morgan fingerprint density at radius 2 is 0.857 bits per heavy atom. The number of aldehydes is 2. The van der Waals surface area contributed by atoms with Crippen molar-refractivity contribution in [1.29, 1.82) is 0 Å². The number of nitrogens with zero attached hydrogens (tertiary/aromatic N) is 2. The highest BCUT2D eigenvalue weighted by molar-refractivity contribution is 14.1. The summed E-state index contributed by atoms with van der Waals surface area (Å²) >= 11 is 2.41. The fraction of sp³-hybridized carbons (Fsp3) is 0. The molecule has 0 aliphatic heterocycles. The van der Waals surface area contributed by atoms with Crippen molar-refractivity contribution in [3.8, 4) is 0 Å². The van der Waals surface area contributed by atoms with Crippen molar-refractivity contribution in [1.82, 2.24) is 9.97 Å². The number of rotatable bonds is 2. The van der Waals surface area contributed by atoms with Crippen LogP contribution in [-0.2, 0) is 0 Å². The number of aromatic nitrogens is 2. The first-order valence-corrected chi connectivity index (χ1v) is 9.36. The van der Waals surface area contributed by atoms with Gasteiger partial charge in [-0.05, 0) is 69.4 Å². The lowest BCUT2D eigenvalue weighted by molar-refractivity contribution is 0.111. The van der Waals surface area contributed by atoms with Gasteiger partial charge in [0.1, 0.15) is 12.6 Å². The van der Waals surface area contributed by atoms with Gasteiger partial charge in [-0.25, -0.2) is 17.6 Å². The maximum Gasteiger partial charge on any atom is 0.176 e. The summed E-state index contributed by atoms with van der Waals surface area (Å²) in [5.74, 6) is -5.39. The third kappa shape index (κ3) is 7.22. The molecule has 146 valence electrons. The summed E-state index contributed by atoms with van der Waals surface area (Å²) in [6.45, 7) is 0. The predicted octanol–water partition coefficient (Wildman–Crippen LogP) is 5.24. The van der Waals surface area contributed by atoms with E-state index in [0.29, 0.717) is 11.1 Å². The van der Waals surface area contributed by atoms with Gasteiger partial charge in [0.25, 0.3) is 0 Å². The van der Waals surface area contributed by atoms with Crippen LogP contribution in [0.3, 0.4) is 0 Å². The second-order valence-corrected chi connectivity index (χ2v) is 6.84. The topological polar surface area (TPSA) is 59.9 Å². The average molecular weight is 616 g/mol. The van der Waals surface area contributed by atoms with Crippen LogP contribution in [0.4, 0.5) is 17.6 Å². The minimum absolute atomic E-state index is 0.664. The van der Waals surface area contributed by atoms with E-state index in [1.54, 1.807) is 49.1 Å². The summed E-state index contributed by atoms with van der Waals surface area (Å²) in [6, 6.07) is 6.64. The Morgan fingerprint density at radius 1 is 0.607 bits per heavy atom. The van der Waals surface area contributed by atoms with E-state index in [1.165, 1.54) is 45.2 Å². The fourth-order valence-electron chi connectivity index (χ4n) is 1.46. The van der Waals surface area contributed by atoms with Crippen molar-refractivity contribution in [2.24, 2.45) is 0 Å². The van der Waals surface area contributed by atoms with Crippen molar-refractivity contribution in [2.45, 2.75) is 0 Å². The van der Waals surface area contributed by atoms with E-state index in [2.05, 4.69) is 9.97 Å². The number of hydrogen-bond donors (Lipinski definition) is 0. The molecule has 0 aliphatic carbocycles. The highest BCUT2D eigenvalue weighted by atomic mass is 127. The molecule has 0 fully saturated rings. The number of carbonyl (C=O) groups excluding carboxylic acids is 2.